The number of aromatic nitrogens is 1. The lowest BCUT2D eigenvalue weighted by Gasteiger charge is -2.37. The van der Waals surface area contributed by atoms with Crippen molar-refractivity contribution in [3.05, 3.63) is 18.0 Å². The van der Waals surface area contributed by atoms with Crippen molar-refractivity contribution < 1.29 is 18.0 Å². The van der Waals surface area contributed by atoms with Gasteiger partial charge in [0.1, 0.15) is 10.6 Å². The van der Waals surface area contributed by atoms with E-state index in [0.29, 0.717) is 44.7 Å². The molecule has 0 saturated carbocycles. The summed E-state index contributed by atoms with van der Waals surface area (Å²) in [5.74, 6) is 0.00276. The molecule has 3 aliphatic rings. The molecule has 3 fully saturated rings. The highest BCUT2D eigenvalue weighted by Gasteiger charge is 2.33. The molecule has 0 aliphatic carbocycles. The molecule has 0 radical (unpaired) electrons. The van der Waals surface area contributed by atoms with Crippen LogP contribution < -0.4 is 0 Å². The third-order valence-corrected chi connectivity index (χ3v) is 8.96. The smallest absolute Gasteiger partial charge is 0.270 e. The van der Waals surface area contributed by atoms with Gasteiger partial charge in [0, 0.05) is 71.5 Å². The lowest BCUT2D eigenvalue weighted by molar-refractivity contribution is -0.138. The van der Waals surface area contributed by atoms with Gasteiger partial charge in [-0.05, 0) is 38.8 Å². The fraction of sp³-hybridized carbons (Fsp3) is 0.727. The maximum absolute atomic E-state index is 13.1. The van der Waals surface area contributed by atoms with E-state index in [0.717, 1.165) is 45.4 Å². The Kier molecular flexibility index (Phi) is 6.92. The van der Waals surface area contributed by atoms with Gasteiger partial charge in [-0.15, -0.1) is 0 Å². The number of nitrogens with zero attached hydrogens (tertiary/aromatic N) is 5. The standard InChI is InChI=1S/C22H35N5O4S/c1-23-12-14-26(15-13-23)21(28)18-6-10-25(11-7-18)22(29)20-16-19(17-24(20)2)32(30,31)27-8-4-3-5-9-27/h16-18H,3-15H2,1-2H3. The van der Waals surface area contributed by atoms with Gasteiger partial charge < -0.3 is 19.3 Å². The highest BCUT2D eigenvalue weighted by atomic mass is 32.2. The van der Waals surface area contributed by atoms with Gasteiger partial charge in [-0.1, -0.05) is 6.42 Å². The number of aryl methyl sites for hydroxylation is 1. The van der Waals surface area contributed by atoms with Gasteiger partial charge in [0.15, 0.2) is 0 Å². The first-order chi connectivity index (χ1) is 15.3. The van der Waals surface area contributed by atoms with Gasteiger partial charge in [0.2, 0.25) is 15.9 Å². The largest absolute Gasteiger partial charge is 0.345 e. The molecule has 0 unspecified atom stereocenters. The van der Waals surface area contributed by atoms with Gasteiger partial charge >= 0.3 is 0 Å². The first-order valence-electron chi connectivity index (χ1n) is 11.7. The lowest BCUT2D eigenvalue weighted by Crippen LogP contribution is -2.51. The first-order valence-corrected chi connectivity index (χ1v) is 13.1. The quantitative estimate of drug-likeness (QED) is 0.657. The van der Waals surface area contributed by atoms with E-state index in [1.54, 1.807) is 22.7 Å². The maximum atomic E-state index is 13.1. The van der Waals surface area contributed by atoms with Crippen LogP contribution in [0.1, 0.15) is 42.6 Å². The third kappa shape index (κ3) is 4.72. The zero-order chi connectivity index (χ0) is 22.9. The topological polar surface area (TPSA) is 86.2 Å². The van der Waals surface area contributed by atoms with Crippen molar-refractivity contribution in [1.29, 1.82) is 0 Å². The fourth-order valence-electron chi connectivity index (χ4n) is 4.92. The summed E-state index contributed by atoms with van der Waals surface area (Å²) < 4.78 is 29.1. The Morgan fingerprint density at radius 3 is 2.09 bits per heavy atom. The highest BCUT2D eigenvalue weighted by molar-refractivity contribution is 7.89. The van der Waals surface area contributed by atoms with Crippen molar-refractivity contribution in [2.75, 3.05) is 59.4 Å². The number of piperidine rings is 2. The van der Waals surface area contributed by atoms with Gasteiger partial charge in [0.25, 0.3) is 5.91 Å². The number of likely N-dealkylation sites (N-methyl/N-ethyl adjacent to an activating group) is 1. The summed E-state index contributed by atoms with van der Waals surface area (Å²) in [6.45, 7) is 5.45. The van der Waals surface area contributed by atoms with E-state index in [2.05, 4.69) is 11.9 Å². The molecule has 2 amide bonds. The Balaban J connectivity index is 1.38. The molecule has 32 heavy (non-hydrogen) atoms. The van der Waals surface area contributed by atoms with Crippen molar-refractivity contribution in [2.45, 2.75) is 37.0 Å². The number of hydrogen-bond donors (Lipinski definition) is 0. The minimum absolute atomic E-state index is 0.0362. The number of sulfonamides is 1. The molecule has 10 heteroatoms. The molecule has 1 aromatic heterocycles. The Hall–Kier alpha value is -1.91. The van der Waals surface area contributed by atoms with E-state index in [1.807, 2.05) is 4.90 Å². The number of likely N-dealkylation sites (tertiary alicyclic amines) is 1. The molecule has 3 aliphatic heterocycles. The van der Waals surface area contributed by atoms with Crippen molar-refractivity contribution in [3.8, 4) is 0 Å². The Morgan fingerprint density at radius 1 is 0.844 bits per heavy atom. The summed E-state index contributed by atoms with van der Waals surface area (Å²) in [7, 11) is 0.206. The van der Waals surface area contributed by atoms with Crippen LogP contribution in [0.5, 0.6) is 0 Å². The third-order valence-electron chi connectivity index (χ3n) is 7.10. The average Bonchev–Trinajstić information content (AvgIpc) is 3.22. The van der Waals surface area contributed by atoms with Crippen molar-refractivity contribution in [3.63, 3.8) is 0 Å². The number of piperazine rings is 1. The second-order valence-electron chi connectivity index (χ2n) is 9.33. The predicted molar refractivity (Wildman–Crippen MR) is 121 cm³/mol. The molecule has 9 nitrogen and oxygen atoms in total. The van der Waals surface area contributed by atoms with Crippen LogP contribution in [0.2, 0.25) is 0 Å². The van der Waals surface area contributed by atoms with E-state index >= 15 is 0 Å². The summed E-state index contributed by atoms with van der Waals surface area (Å²) in [4.78, 5) is 32.1. The summed E-state index contributed by atoms with van der Waals surface area (Å²) in [5.41, 5.74) is 0.379. The monoisotopic (exact) mass is 465 g/mol. The number of rotatable bonds is 4. The maximum Gasteiger partial charge on any atom is 0.270 e. The molecule has 3 saturated heterocycles. The van der Waals surface area contributed by atoms with E-state index < -0.39 is 10.0 Å². The number of amides is 2. The fourth-order valence-corrected chi connectivity index (χ4v) is 6.51. The zero-order valence-electron chi connectivity index (χ0n) is 19.2. The normalized spacial score (nSPS) is 22.3. The number of carbonyl (C=O) groups is 2. The number of carbonyl (C=O) groups excluding carboxylic acids is 2. The molecule has 4 heterocycles. The van der Waals surface area contributed by atoms with Crippen LogP contribution in [0.4, 0.5) is 0 Å². The molecule has 178 valence electrons. The van der Waals surface area contributed by atoms with Crippen LogP contribution in [0.3, 0.4) is 0 Å². The molecule has 0 bridgehead atoms. The van der Waals surface area contributed by atoms with E-state index in [1.165, 1.54) is 10.4 Å². The summed E-state index contributed by atoms with van der Waals surface area (Å²) in [6.07, 6.45) is 5.65. The van der Waals surface area contributed by atoms with Crippen LogP contribution in [0, 0.1) is 5.92 Å². The van der Waals surface area contributed by atoms with Gasteiger partial charge in [-0.25, -0.2) is 8.42 Å². The molecule has 0 aromatic carbocycles. The molecular weight excluding hydrogens is 430 g/mol. The zero-order valence-corrected chi connectivity index (χ0v) is 20.0. The summed E-state index contributed by atoms with van der Waals surface area (Å²) >= 11 is 0. The van der Waals surface area contributed by atoms with E-state index in [-0.39, 0.29) is 22.6 Å². The number of hydrogen-bond acceptors (Lipinski definition) is 5. The minimum atomic E-state index is -3.58. The SMILES string of the molecule is CN1CCN(C(=O)C2CCN(C(=O)c3cc(S(=O)(=O)N4CCCCC4)cn3C)CC2)CC1. The first kappa shape index (κ1) is 23.3. The van der Waals surface area contributed by atoms with Crippen LogP contribution in [-0.2, 0) is 21.9 Å². The molecule has 1 aromatic rings. The van der Waals surface area contributed by atoms with Crippen LogP contribution >= 0.6 is 0 Å². The van der Waals surface area contributed by atoms with Gasteiger partial charge in [-0.2, -0.15) is 4.31 Å². The van der Waals surface area contributed by atoms with Gasteiger partial charge in [0.05, 0.1) is 0 Å². The van der Waals surface area contributed by atoms with Crippen LogP contribution in [0.25, 0.3) is 0 Å². The van der Waals surface area contributed by atoms with Crippen molar-refractivity contribution in [1.82, 2.24) is 23.6 Å². The molecule has 0 atom stereocenters. The molecule has 0 spiro atoms. The minimum Gasteiger partial charge on any atom is -0.345 e. The second-order valence-corrected chi connectivity index (χ2v) is 11.3. The Bertz CT molecular complexity index is 938. The Labute approximate surface area is 191 Å². The predicted octanol–water partition coefficient (Wildman–Crippen LogP) is 0.826. The Morgan fingerprint density at radius 2 is 1.47 bits per heavy atom. The van der Waals surface area contributed by atoms with Gasteiger partial charge in [-0.3, -0.25) is 9.59 Å². The second kappa shape index (κ2) is 9.52. The summed E-state index contributed by atoms with van der Waals surface area (Å²) in [5, 5.41) is 0. The van der Waals surface area contributed by atoms with E-state index in [4.69, 9.17) is 0 Å². The van der Waals surface area contributed by atoms with Crippen LogP contribution in [-0.4, -0.2) is 103 Å². The summed E-state index contributed by atoms with van der Waals surface area (Å²) in [6, 6.07) is 1.51. The molecular formula is C22H35N5O4S. The molecule has 0 N–H and O–H groups in total. The van der Waals surface area contributed by atoms with Crippen LogP contribution in [0.15, 0.2) is 17.2 Å². The van der Waals surface area contributed by atoms with E-state index in [9.17, 15) is 18.0 Å². The highest BCUT2D eigenvalue weighted by Crippen LogP contribution is 2.25. The van der Waals surface area contributed by atoms with Crippen molar-refractivity contribution in [2.24, 2.45) is 13.0 Å². The molecule has 4 rings (SSSR count). The average molecular weight is 466 g/mol. The van der Waals surface area contributed by atoms with Crippen molar-refractivity contribution >= 4 is 21.8 Å². The lowest BCUT2D eigenvalue weighted by atomic mass is 9.94.